The monoisotopic (exact) mass is 496 g/mol. The number of hydrogen-bond donors (Lipinski definition) is 1. The predicted octanol–water partition coefficient (Wildman–Crippen LogP) is 8.48. The summed E-state index contributed by atoms with van der Waals surface area (Å²) in [6.07, 6.45) is 8.31. The quantitative estimate of drug-likeness (QED) is 0.283. The zero-order valence-corrected chi connectivity index (χ0v) is 22.3. The predicted molar refractivity (Wildman–Crippen MR) is 152 cm³/mol. The fourth-order valence-corrected chi connectivity index (χ4v) is 9.15. The van der Waals surface area contributed by atoms with Crippen molar-refractivity contribution in [1.82, 2.24) is 9.88 Å². The van der Waals surface area contributed by atoms with Crippen molar-refractivity contribution in [2.45, 2.75) is 76.9 Å². The molecule has 0 radical (unpaired) electrons. The van der Waals surface area contributed by atoms with Crippen LogP contribution in [0.1, 0.15) is 63.5 Å². The third-order valence-corrected chi connectivity index (χ3v) is 10.5. The second-order valence-electron chi connectivity index (χ2n) is 12.3. The average molecular weight is 497 g/mol. The fourth-order valence-electron chi connectivity index (χ4n) is 9.02. The maximum absolute atomic E-state index is 6.26. The van der Waals surface area contributed by atoms with Crippen LogP contribution in [-0.4, -0.2) is 10.6 Å². The van der Waals surface area contributed by atoms with Crippen LogP contribution >= 0.6 is 11.6 Å². The maximum Gasteiger partial charge on any atom is 0.0491 e. The molecule has 4 fully saturated rings. The van der Waals surface area contributed by atoms with E-state index in [0.717, 1.165) is 29.9 Å². The van der Waals surface area contributed by atoms with Gasteiger partial charge in [-0.2, -0.15) is 0 Å². The molecule has 4 bridgehead atoms. The molecule has 3 heteroatoms. The molecule has 4 aliphatic carbocycles. The maximum atomic E-state index is 6.26. The van der Waals surface area contributed by atoms with Crippen LogP contribution < -0.4 is 5.32 Å². The minimum Gasteiger partial charge on any atom is -0.341 e. The van der Waals surface area contributed by atoms with Gasteiger partial charge < -0.3 is 9.88 Å². The summed E-state index contributed by atoms with van der Waals surface area (Å²) >= 11 is 6.26. The Hall–Kier alpha value is -2.29. The molecular weight excluding hydrogens is 460 g/mol. The number of hydrogen-bond acceptors (Lipinski definition) is 1. The minimum absolute atomic E-state index is 0.353. The number of para-hydroxylation sites is 1. The normalized spacial score (nSPS) is 29.9. The number of nitrogens with one attached hydrogen (secondary N) is 1. The number of aromatic nitrogens is 1. The topological polar surface area (TPSA) is 17.0 Å². The molecule has 0 amide bonds. The van der Waals surface area contributed by atoms with Crippen LogP contribution in [0.4, 0.5) is 0 Å². The zero-order chi connectivity index (χ0) is 24.5. The molecular formula is C33H37ClN2. The summed E-state index contributed by atoms with van der Waals surface area (Å²) in [6, 6.07) is 25.3. The van der Waals surface area contributed by atoms with E-state index < -0.39 is 0 Å². The van der Waals surface area contributed by atoms with E-state index in [1.54, 1.807) is 0 Å². The van der Waals surface area contributed by atoms with Crippen molar-refractivity contribution in [3.8, 4) is 0 Å². The number of halogens is 1. The Bertz CT molecular complexity index is 1420. The van der Waals surface area contributed by atoms with Crippen molar-refractivity contribution in [2.24, 2.45) is 17.3 Å². The van der Waals surface area contributed by atoms with Crippen LogP contribution in [0.3, 0.4) is 0 Å². The van der Waals surface area contributed by atoms with Gasteiger partial charge in [-0.15, -0.1) is 0 Å². The summed E-state index contributed by atoms with van der Waals surface area (Å²) in [6.45, 7) is 6.65. The van der Waals surface area contributed by atoms with Crippen LogP contribution in [0.2, 0.25) is 5.02 Å². The molecule has 1 heterocycles. The number of nitrogens with zero attached hydrogens (tertiary/aromatic N) is 1. The Labute approximate surface area is 220 Å². The van der Waals surface area contributed by atoms with E-state index in [1.165, 1.54) is 71.5 Å². The molecule has 0 saturated heterocycles. The van der Waals surface area contributed by atoms with Crippen LogP contribution in [0.25, 0.3) is 21.8 Å². The van der Waals surface area contributed by atoms with E-state index in [-0.39, 0.29) is 0 Å². The van der Waals surface area contributed by atoms with E-state index >= 15 is 0 Å². The molecule has 0 spiro atoms. The summed E-state index contributed by atoms with van der Waals surface area (Å²) < 4.78 is 2.44. The number of rotatable bonds is 6. The van der Waals surface area contributed by atoms with Gasteiger partial charge in [0.1, 0.15) is 0 Å². The van der Waals surface area contributed by atoms with Gasteiger partial charge in [-0.05, 0) is 116 Å². The van der Waals surface area contributed by atoms with Gasteiger partial charge >= 0.3 is 0 Å². The van der Waals surface area contributed by atoms with E-state index in [2.05, 4.69) is 90.5 Å². The number of benzene rings is 3. The van der Waals surface area contributed by atoms with Crippen LogP contribution in [0.15, 0.2) is 66.7 Å². The summed E-state index contributed by atoms with van der Waals surface area (Å²) in [5.74, 6) is 1.76. The Balaban J connectivity index is 1.15. The highest BCUT2D eigenvalue weighted by Gasteiger charge is 2.59. The molecule has 8 rings (SSSR count). The largest absolute Gasteiger partial charge is 0.341 e. The Kier molecular flexibility index (Phi) is 5.31. The molecule has 1 N–H and O–H groups in total. The number of aryl methyl sites for hydroxylation is 1. The highest BCUT2D eigenvalue weighted by Crippen LogP contribution is 2.66. The summed E-state index contributed by atoms with van der Waals surface area (Å²) in [5.41, 5.74) is 6.38. The standard InChI is InChI=1S/C33H37ClN2/c1-3-36-30-7-5-4-6-28(30)29-15-23(8-13-31(29)36)20-35-22(2)32-16-24-14-25(17-32)19-33(18-24,21-32)26-9-11-27(34)12-10-26/h4-13,15,22,24-25,35H,3,14,16-21H2,1-2H3. The highest BCUT2D eigenvalue weighted by molar-refractivity contribution is 6.30. The van der Waals surface area contributed by atoms with E-state index in [9.17, 15) is 0 Å². The molecule has 3 unspecified atom stereocenters. The van der Waals surface area contributed by atoms with Gasteiger partial charge in [0.2, 0.25) is 0 Å². The average Bonchev–Trinajstić information content (AvgIpc) is 3.20. The SMILES string of the molecule is CCn1c2ccccc2c2cc(CNC(C)C34CC5CC(CC(c6ccc(Cl)cc6)(C5)C3)C4)ccc21. The Morgan fingerprint density at radius 1 is 0.917 bits per heavy atom. The van der Waals surface area contributed by atoms with Crippen LogP contribution in [0.5, 0.6) is 0 Å². The second kappa shape index (κ2) is 8.36. The zero-order valence-electron chi connectivity index (χ0n) is 21.6. The molecule has 3 atom stereocenters. The minimum atomic E-state index is 0.353. The molecule has 4 saturated carbocycles. The lowest BCUT2D eigenvalue weighted by atomic mass is 9.41. The molecule has 36 heavy (non-hydrogen) atoms. The molecule has 3 aromatic carbocycles. The highest BCUT2D eigenvalue weighted by atomic mass is 35.5. The molecule has 4 aromatic rings. The first-order chi connectivity index (χ1) is 17.5. The van der Waals surface area contributed by atoms with Gasteiger partial charge in [-0.1, -0.05) is 48.0 Å². The van der Waals surface area contributed by atoms with Crippen molar-refractivity contribution in [3.05, 3.63) is 82.9 Å². The van der Waals surface area contributed by atoms with Gasteiger partial charge in [-0.25, -0.2) is 0 Å². The van der Waals surface area contributed by atoms with E-state index in [0.29, 0.717) is 16.9 Å². The third-order valence-electron chi connectivity index (χ3n) is 10.2. The van der Waals surface area contributed by atoms with Crippen LogP contribution in [0, 0.1) is 17.3 Å². The van der Waals surface area contributed by atoms with Crippen molar-refractivity contribution in [3.63, 3.8) is 0 Å². The summed E-state index contributed by atoms with van der Waals surface area (Å²) in [4.78, 5) is 0. The summed E-state index contributed by atoms with van der Waals surface area (Å²) in [7, 11) is 0. The third kappa shape index (κ3) is 3.48. The lowest BCUT2D eigenvalue weighted by Crippen LogP contribution is -2.59. The fraction of sp³-hybridized carbons (Fsp3) is 0.455. The molecule has 1 aromatic heterocycles. The van der Waals surface area contributed by atoms with Gasteiger partial charge in [0, 0.05) is 46.0 Å². The van der Waals surface area contributed by atoms with Gasteiger partial charge in [0.25, 0.3) is 0 Å². The first kappa shape index (κ1) is 22.9. The second-order valence-corrected chi connectivity index (χ2v) is 12.8. The smallest absolute Gasteiger partial charge is 0.0491 e. The van der Waals surface area contributed by atoms with Crippen LogP contribution in [-0.2, 0) is 18.5 Å². The summed E-state index contributed by atoms with van der Waals surface area (Å²) in [5, 5.41) is 7.65. The molecule has 0 aliphatic heterocycles. The van der Waals surface area contributed by atoms with Crippen molar-refractivity contribution in [1.29, 1.82) is 0 Å². The van der Waals surface area contributed by atoms with Crippen molar-refractivity contribution >= 4 is 33.4 Å². The van der Waals surface area contributed by atoms with Gasteiger partial charge in [-0.3, -0.25) is 0 Å². The van der Waals surface area contributed by atoms with Crippen molar-refractivity contribution < 1.29 is 0 Å². The molecule has 186 valence electrons. The van der Waals surface area contributed by atoms with Gasteiger partial charge in [0.05, 0.1) is 0 Å². The molecule has 2 nitrogen and oxygen atoms in total. The van der Waals surface area contributed by atoms with E-state index in [1.807, 2.05) is 0 Å². The lowest BCUT2D eigenvalue weighted by molar-refractivity contribution is -0.0883. The van der Waals surface area contributed by atoms with E-state index in [4.69, 9.17) is 11.6 Å². The lowest BCUT2D eigenvalue weighted by Gasteiger charge is -2.64. The Morgan fingerprint density at radius 2 is 1.64 bits per heavy atom. The first-order valence-electron chi connectivity index (χ1n) is 14.0. The van der Waals surface area contributed by atoms with Crippen molar-refractivity contribution in [2.75, 3.05) is 0 Å². The first-order valence-corrected chi connectivity index (χ1v) is 14.4. The Morgan fingerprint density at radius 3 is 2.39 bits per heavy atom. The van der Waals surface area contributed by atoms with Gasteiger partial charge in [0.15, 0.2) is 0 Å². The molecule has 4 aliphatic rings. The number of fused-ring (bicyclic) bond motifs is 3.